The summed E-state index contributed by atoms with van der Waals surface area (Å²) in [6, 6.07) is 19.3. The average molecular weight is 309 g/mol. The van der Waals surface area contributed by atoms with Gasteiger partial charge in [0.05, 0.1) is 6.61 Å². The second kappa shape index (κ2) is 8.54. The second-order valence-electron chi connectivity index (χ2n) is 4.81. The van der Waals surface area contributed by atoms with Crippen molar-refractivity contribution in [2.75, 3.05) is 13.2 Å². The molecule has 0 saturated heterocycles. The van der Waals surface area contributed by atoms with Crippen LogP contribution < -0.4 is 5.32 Å². The van der Waals surface area contributed by atoms with Crippen molar-refractivity contribution in [2.24, 2.45) is 0 Å². The minimum Gasteiger partial charge on any atom is -0.465 e. The molecule has 2 aromatic carbocycles. The number of carbonyl (C=O) groups is 2. The molecule has 0 aliphatic rings. The maximum atomic E-state index is 12.1. The monoisotopic (exact) mass is 309 g/mol. The highest BCUT2D eigenvalue weighted by molar-refractivity contribution is 6.00. The molecule has 1 N–H and O–H groups in total. The maximum Gasteiger partial charge on any atom is 0.325 e. The van der Waals surface area contributed by atoms with Crippen molar-refractivity contribution in [3.05, 3.63) is 77.9 Å². The van der Waals surface area contributed by atoms with Crippen molar-refractivity contribution < 1.29 is 14.3 Å². The number of ether oxygens (including phenoxy) is 1. The lowest BCUT2D eigenvalue weighted by molar-refractivity contribution is -0.143. The number of hydrogen-bond donors (Lipinski definition) is 1. The zero-order valence-electron chi connectivity index (χ0n) is 13.0. The molecule has 2 aromatic rings. The van der Waals surface area contributed by atoms with Gasteiger partial charge < -0.3 is 10.1 Å². The third kappa shape index (κ3) is 5.11. The van der Waals surface area contributed by atoms with E-state index < -0.39 is 5.97 Å². The molecule has 0 unspecified atom stereocenters. The molecule has 1 amide bonds. The van der Waals surface area contributed by atoms with Crippen LogP contribution in [0.4, 0.5) is 0 Å². The first-order valence-electron chi connectivity index (χ1n) is 7.46. The third-order valence-corrected chi connectivity index (χ3v) is 3.16. The summed E-state index contributed by atoms with van der Waals surface area (Å²) in [6.45, 7) is 1.88. The normalized spacial score (nSPS) is 9.78. The predicted molar refractivity (Wildman–Crippen MR) is 89.6 cm³/mol. The summed E-state index contributed by atoms with van der Waals surface area (Å²) in [5.74, 6) is -0.781. The predicted octanol–water partition coefficient (Wildman–Crippen LogP) is 2.80. The van der Waals surface area contributed by atoms with Crippen LogP contribution in [-0.4, -0.2) is 25.0 Å². The lowest BCUT2D eigenvalue weighted by atomic mass is 9.97. The van der Waals surface area contributed by atoms with Crippen LogP contribution >= 0.6 is 0 Å². The van der Waals surface area contributed by atoms with Gasteiger partial charge in [0.15, 0.2) is 0 Å². The molecule has 0 radical (unpaired) electrons. The summed E-state index contributed by atoms with van der Waals surface area (Å²) in [5.41, 5.74) is 2.67. The fourth-order valence-electron chi connectivity index (χ4n) is 2.12. The van der Waals surface area contributed by atoms with Crippen molar-refractivity contribution in [1.29, 1.82) is 0 Å². The van der Waals surface area contributed by atoms with E-state index in [-0.39, 0.29) is 12.5 Å². The van der Waals surface area contributed by atoms with Gasteiger partial charge in [-0.25, -0.2) is 0 Å². The van der Waals surface area contributed by atoms with Gasteiger partial charge in [0.1, 0.15) is 6.54 Å². The molecule has 0 aliphatic carbocycles. The van der Waals surface area contributed by atoms with Gasteiger partial charge in [0.25, 0.3) is 0 Å². The van der Waals surface area contributed by atoms with Crippen LogP contribution in [0.25, 0.3) is 5.57 Å². The smallest absolute Gasteiger partial charge is 0.325 e. The first-order chi connectivity index (χ1) is 11.2. The van der Waals surface area contributed by atoms with Gasteiger partial charge in [0.2, 0.25) is 5.91 Å². The van der Waals surface area contributed by atoms with Crippen molar-refractivity contribution in [3.8, 4) is 0 Å². The Balaban J connectivity index is 2.20. The van der Waals surface area contributed by atoms with E-state index in [1.165, 1.54) is 6.08 Å². The largest absolute Gasteiger partial charge is 0.465 e. The number of nitrogens with one attached hydrogen (secondary N) is 1. The Labute approximate surface area is 135 Å². The van der Waals surface area contributed by atoms with Gasteiger partial charge in [-0.2, -0.15) is 0 Å². The number of carbonyl (C=O) groups excluding carboxylic acids is 2. The van der Waals surface area contributed by atoms with Crippen LogP contribution in [0.3, 0.4) is 0 Å². The topological polar surface area (TPSA) is 55.4 Å². The third-order valence-electron chi connectivity index (χ3n) is 3.16. The molecule has 23 heavy (non-hydrogen) atoms. The van der Waals surface area contributed by atoms with Crippen molar-refractivity contribution in [2.45, 2.75) is 6.92 Å². The molecule has 118 valence electrons. The summed E-state index contributed by atoms with van der Waals surface area (Å²) in [4.78, 5) is 23.4. The zero-order valence-corrected chi connectivity index (χ0v) is 13.0. The average Bonchev–Trinajstić information content (AvgIpc) is 2.60. The highest BCUT2D eigenvalue weighted by atomic mass is 16.5. The van der Waals surface area contributed by atoms with Gasteiger partial charge in [-0.1, -0.05) is 60.7 Å². The van der Waals surface area contributed by atoms with Crippen molar-refractivity contribution >= 4 is 17.4 Å². The van der Waals surface area contributed by atoms with E-state index in [1.807, 2.05) is 60.7 Å². The summed E-state index contributed by atoms with van der Waals surface area (Å²) in [5, 5.41) is 2.55. The number of amides is 1. The van der Waals surface area contributed by atoms with E-state index in [0.29, 0.717) is 6.61 Å². The van der Waals surface area contributed by atoms with E-state index in [1.54, 1.807) is 6.92 Å². The maximum absolute atomic E-state index is 12.1. The molecule has 4 nitrogen and oxygen atoms in total. The number of benzene rings is 2. The molecule has 0 atom stereocenters. The Bertz CT molecular complexity index is 637. The number of rotatable bonds is 6. The molecule has 0 spiro atoms. The van der Waals surface area contributed by atoms with Gasteiger partial charge >= 0.3 is 5.97 Å². The second-order valence-corrected chi connectivity index (χ2v) is 4.81. The van der Waals surface area contributed by atoms with Crippen LogP contribution in [-0.2, 0) is 14.3 Å². The Morgan fingerprint density at radius 1 is 0.957 bits per heavy atom. The molecule has 0 bridgehead atoms. The fraction of sp³-hybridized carbons (Fsp3) is 0.158. The van der Waals surface area contributed by atoms with E-state index in [9.17, 15) is 9.59 Å². The highest BCUT2D eigenvalue weighted by Crippen LogP contribution is 2.22. The zero-order chi connectivity index (χ0) is 16.5. The summed E-state index contributed by atoms with van der Waals surface area (Å²) in [6.07, 6.45) is 1.50. The van der Waals surface area contributed by atoms with Crippen LogP contribution in [0, 0.1) is 0 Å². The lowest BCUT2D eigenvalue weighted by Crippen LogP contribution is -2.29. The minimum atomic E-state index is -0.449. The Morgan fingerprint density at radius 2 is 1.48 bits per heavy atom. The van der Waals surface area contributed by atoms with Gasteiger partial charge in [-0.15, -0.1) is 0 Å². The van der Waals surface area contributed by atoms with E-state index in [4.69, 9.17) is 4.74 Å². The quantitative estimate of drug-likeness (QED) is 0.659. The van der Waals surface area contributed by atoms with Crippen LogP contribution in [0.2, 0.25) is 0 Å². The van der Waals surface area contributed by atoms with Crippen LogP contribution in [0.1, 0.15) is 18.1 Å². The van der Waals surface area contributed by atoms with Gasteiger partial charge in [0, 0.05) is 6.08 Å². The lowest BCUT2D eigenvalue weighted by Gasteiger charge is -2.09. The first kappa shape index (κ1) is 16.5. The fourth-order valence-corrected chi connectivity index (χ4v) is 2.12. The number of hydrogen-bond acceptors (Lipinski definition) is 3. The van der Waals surface area contributed by atoms with Gasteiger partial charge in [-0.05, 0) is 23.6 Å². The Hall–Kier alpha value is -2.88. The van der Waals surface area contributed by atoms with E-state index >= 15 is 0 Å². The summed E-state index contributed by atoms with van der Waals surface area (Å²) >= 11 is 0. The molecular formula is C19H19NO3. The molecule has 2 rings (SSSR count). The molecule has 0 heterocycles. The Kier molecular flexibility index (Phi) is 6.12. The molecule has 0 fully saturated rings. The van der Waals surface area contributed by atoms with Crippen molar-refractivity contribution in [1.82, 2.24) is 5.32 Å². The Morgan fingerprint density at radius 3 is 1.96 bits per heavy atom. The molecule has 4 heteroatoms. The molecule has 0 aliphatic heterocycles. The number of esters is 1. The summed E-state index contributed by atoms with van der Waals surface area (Å²) < 4.78 is 4.79. The van der Waals surface area contributed by atoms with E-state index in [2.05, 4.69) is 5.32 Å². The van der Waals surface area contributed by atoms with E-state index in [0.717, 1.165) is 16.7 Å². The SMILES string of the molecule is CCOC(=O)CNC(=O)C=C(c1ccccc1)c1ccccc1. The molecule has 0 saturated carbocycles. The molecule has 0 aromatic heterocycles. The minimum absolute atomic E-state index is 0.139. The van der Waals surface area contributed by atoms with Crippen molar-refractivity contribution in [3.63, 3.8) is 0 Å². The first-order valence-corrected chi connectivity index (χ1v) is 7.46. The molecular weight excluding hydrogens is 290 g/mol. The highest BCUT2D eigenvalue weighted by Gasteiger charge is 2.09. The van der Waals surface area contributed by atoms with Gasteiger partial charge in [-0.3, -0.25) is 9.59 Å². The summed E-state index contributed by atoms with van der Waals surface area (Å²) in [7, 11) is 0. The van der Waals surface area contributed by atoms with Crippen LogP contribution in [0.15, 0.2) is 66.7 Å². The van der Waals surface area contributed by atoms with Crippen LogP contribution in [0.5, 0.6) is 0 Å². The standard InChI is InChI=1S/C19H19NO3/c1-2-23-19(22)14-20-18(21)13-17(15-9-5-3-6-10-15)16-11-7-4-8-12-16/h3-13H,2,14H2,1H3,(H,20,21).